The molecule has 0 saturated heterocycles. The molecule has 1 aliphatic rings. The summed E-state index contributed by atoms with van der Waals surface area (Å²) in [5, 5.41) is 0.110. The Morgan fingerprint density at radius 3 is 2.80 bits per heavy atom. The predicted octanol–water partition coefficient (Wildman–Crippen LogP) is 2.71. The second-order valence-electron chi connectivity index (χ2n) is 4.28. The van der Waals surface area contributed by atoms with Crippen LogP contribution >= 0.6 is 24.0 Å². The van der Waals surface area contributed by atoms with Crippen molar-refractivity contribution in [1.29, 1.82) is 0 Å². The van der Waals surface area contributed by atoms with Gasteiger partial charge >= 0.3 is 0 Å². The van der Waals surface area contributed by atoms with Crippen LogP contribution in [0.5, 0.6) is 0 Å². The largest absolute Gasteiger partial charge is 0.364 e. The summed E-state index contributed by atoms with van der Waals surface area (Å²) in [6.07, 6.45) is 4.00. The molecule has 2 atom stereocenters. The molecular formula is C11H19NOS2. The van der Waals surface area contributed by atoms with Gasteiger partial charge < -0.3 is 4.90 Å². The van der Waals surface area contributed by atoms with Gasteiger partial charge in [0.1, 0.15) is 10.1 Å². The van der Waals surface area contributed by atoms with Crippen molar-refractivity contribution < 1.29 is 4.79 Å². The van der Waals surface area contributed by atoms with E-state index in [0.717, 1.165) is 23.6 Å². The minimum atomic E-state index is 0.110. The summed E-state index contributed by atoms with van der Waals surface area (Å²) in [5.74, 6) is 1.10. The van der Waals surface area contributed by atoms with E-state index in [9.17, 15) is 4.79 Å². The number of thioether (sulfide) groups is 1. The van der Waals surface area contributed by atoms with Crippen LogP contribution < -0.4 is 0 Å². The molecule has 1 rings (SSSR count). The second-order valence-corrected chi connectivity index (χ2v) is 6.12. The highest BCUT2D eigenvalue weighted by Crippen LogP contribution is 2.32. The second kappa shape index (κ2) is 5.85. The molecule has 0 bridgehead atoms. The first-order valence-corrected chi connectivity index (χ1v) is 6.74. The van der Waals surface area contributed by atoms with Gasteiger partial charge in [0.2, 0.25) is 0 Å². The minimum absolute atomic E-state index is 0.110. The van der Waals surface area contributed by atoms with E-state index in [4.69, 9.17) is 12.2 Å². The highest BCUT2D eigenvalue weighted by atomic mass is 32.2. The fourth-order valence-electron chi connectivity index (χ4n) is 1.77. The molecule has 1 aliphatic carbocycles. The van der Waals surface area contributed by atoms with E-state index < -0.39 is 0 Å². The number of rotatable bonds is 2. The van der Waals surface area contributed by atoms with Crippen molar-refractivity contribution in [2.24, 2.45) is 5.92 Å². The molecular weight excluding hydrogens is 226 g/mol. The lowest BCUT2D eigenvalue weighted by atomic mass is 9.86. The van der Waals surface area contributed by atoms with Gasteiger partial charge in [-0.2, -0.15) is 0 Å². The lowest BCUT2D eigenvalue weighted by Gasteiger charge is -2.28. The van der Waals surface area contributed by atoms with Crippen molar-refractivity contribution >= 4 is 34.1 Å². The van der Waals surface area contributed by atoms with Crippen molar-refractivity contribution in [3.63, 3.8) is 0 Å². The molecule has 2 nitrogen and oxygen atoms in total. The average molecular weight is 245 g/mol. The first-order valence-electron chi connectivity index (χ1n) is 5.45. The van der Waals surface area contributed by atoms with E-state index in [1.165, 1.54) is 6.42 Å². The summed E-state index contributed by atoms with van der Waals surface area (Å²) in [6, 6.07) is 0. The summed E-state index contributed by atoms with van der Waals surface area (Å²) in [7, 11) is 3.86. The summed E-state index contributed by atoms with van der Waals surface area (Å²) in [4.78, 5) is 13.6. The first-order chi connectivity index (χ1) is 7.04. The predicted molar refractivity (Wildman–Crippen MR) is 70.3 cm³/mol. The molecule has 4 heteroatoms. The van der Waals surface area contributed by atoms with Gasteiger partial charge in [0.25, 0.3) is 0 Å². The zero-order valence-corrected chi connectivity index (χ0v) is 11.3. The number of thiocarbonyl (C=S) groups is 1. The Kier molecular flexibility index (Phi) is 5.06. The van der Waals surface area contributed by atoms with Crippen molar-refractivity contribution in [3.8, 4) is 0 Å². The zero-order valence-electron chi connectivity index (χ0n) is 9.66. The standard InChI is InChI=1S/C11H19NOS2/c1-4-8-5-6-9(13)10(7-8)15-11(14)12(2)3/h8,10H,4-7H2,1-3H3/t8-,10-/m0/s1. The number of hydrogen-bond donors (Lipinski definition) is 0. The van der Waals surface area contributed by atoms with Crippen LogP contribution in [0.15, 0.2) is 0 Å². The Balaban J connectivity index is 2.51. The Hall–Kier alpha value is -0.0900. The fourth-order valence-corrected chi connectivity index (χ4v) is 3.19. The summed E-state index contributed by atoms with van der Waals surface area (Å²) >= 11 is 6.79. The van der Waals surface area contributed by atoms with Crippen LogP contribution in [0.3, 0.4) is 0 Å². The van der Waals surface area contributed by atoms with Gasteiger partial charge in [-0.25, -0.2) is 0 Å². The number of nitrogens with zero attached hydrogens (tertiary/aromatic N) is 1. The highest BCUT2D eigenvalue weighted by Gasteiger charge is 2.29. The molecule has 0 amide bonds. The van der Waals surface area contributed by atoms with Crippen LogP contribution in [0.2, 0.25) is 0 Å². The first kappa shape index (κ1) is 13.0. The van der Waals surface area contributed by atoms with Crippen molar-refractivity contribution in [1.82, 2.24) is 4.90 Å². The van der Waals surface area contributed by atoms with Crippen LogP contribution in [-0.4, -0.2) is 34.3 Å². The molecule has 15 heavy (non-hydrogen) atoms. The van der Waals surface area contributed by atoms with Gasteiger partial charge in [0, 0.05) is 20.5 Å². The third-order valence-electron chi connectivity index (χ3n) is 2.89. The summed E-state index contributed by atoms with van der Waals surface area (Å²) in [6.45, 7) is 2.20. The molecule has 86 valence electrons. The third kappa shape index (κ3) is 3.76. The molecule has 0 spiro atoms. The van der Waals surface area contributed by atoms with E-state index >= 15 is 0 Å². The normalized spacial score (nSPS) is 26.5. The van der Waals surface area contributed by atoms with E-state index in [1.807, 2.05) is 19.0 Å². The monoisotopic (exact) mass is 245 g/mol. The van der Waals surface area contributed by atoms with Crippen molar-refractivity contribution in [2.75, 3.05) is 14.1 Å². The fraction of sp³-hybridized carbons (Fsp3) is 0.818. The summed E-state index contributed by atoms with van der Waals surface area (Å²) in [5.41, 5.74) is 0. The van der Waals surface area contributed by atoms with Crippen LogP contribution in [-0.2, 0) is 4.79 Å². The van der Waals surface area contributed by atoms with Crippen molar-refractivity contribution in [2.45, 2.75) is 37.9 Å². The Morgan fingerprint density at radius 2 is 2.27 bits per heavy atom. The van der Waals surface area contributed by atoms with E-state index in [-0.39, 0.29) is 5.25 Å². The average Bonchev–Trinajstić information content (AvgIpc) is 2.21. The van der Waals surface area contributed by atoms with Gasteiger partial charge in [-0.05, 0) is 18.8 Å². The lowest BCUT2D eigenvalue weighted by Crippen LogP contribution is -2.30. The third-order valence-corrected chi connectivity index (χ3v) is 4.85. The number of hydrogen-bond acceptors (Lipinski definition) is 3. The van der Waals surface area contributed by atoms with Gasteiger partial charge in [-0.3, -0.25) is 4.79 Å². The molecule has 0 N–H and O–H groups in total. The molecule has 0 aromatic heterocycles. The van der Waals surface area contributed by atoms with Gasteiger partial charge in [0.15, 0.2) is 0 Å². The van der Waals surface area contributed by atoms with Crippen LogP contribution in [0, 0.1) is 5.92 Å². The maximum absolute atomic E-state index is 11.7. The quantitative estimate of drug-likeness (QED) is 0.697. The van der Waals surface area contributed by atoms with E-state index in [2.05, 4.69) is 6.92 Å². The summed E-state index contributed by atoms with van der Waals surface area (Å²) < 4.78 is 0.824. The Morgan fingerprint density at radius 1 is 1.60 bits per heavy atom. The lowest BCUT2D eigenvalue weighted by molar-refractivity contribution is -0.120. The van der Waals surface area contributed by atoms with Crippen LogP contribution in [0.4, 0.5) is 0 Å². The topological polar surface area (TPSA) is 20.3 Å². The molecule has 0 heterocycles. The number of carbonyl (C=O) groups excluding carboxylic acids is 1. The number of Topliss-reactive ketones (excluding diaryl/α,β-unsaturated/α-hetero) is 1. The molecule has 0 aromatic carbocycles. The van der Waals surface area contributed by atoms with Crippen LogP contribution in [0.25, 0.3) is 0 Å². The maximum Gasteiger partial charge on any atom is 0.146 e. The SMILES string of the molecule is CC[C@H]1CCC(=O)[C@@H](SC(=S)N(C)C)C1. The molecule has 1 fully saturated rings. The van der Waals surface area contributed by atoms with Crippen molar-refractivity contribution in [3.05, 3.63) is 0 Å². The molecule has 1 saturated carbocycles. The zero-order chi connectivity index (χ0) is 11.4. The molecule has 0 aliphatic heterocycles. The van der Waals surface area contributed by atoms with Gasteiger partial charge in [0.05, 0.1) is 5.25 Å². The molecule has 0 aromatic rings. The van der Waals surface area contributed by atoms with E-state index in [1.54, 1.807) is 11.8 Å². The number of carbonyl (C=O) groups is 1. The van der Waals surface area contributed by atoms with Crippen LogP contribution in [0.1, 0.15) is 32.6 Å². The smallest absolute Gasteiger partial charge is 0.146 e. The highest BCUT2D eigenvalue weighted by molar-refractivity contribution is 8.23. The number of ketones is 1. The van der Waals surface area contributed by atoms with E-state index in [0.29, 0.717) is 11.7 Å². The minimum Gasteiger partial charge on any atom is -0.364 e. The Labute approximate surface area is 102 Å². The van der Waals surface area contributed by atoms with Gasteiger partial charge in [-0.1, -0.05) is 37.3 Å². The maximum atomic E-state index is 11.7. The van der Waals surface area contributed by atoms with Gasteiger partial charge in [-0.15, -0.1) is 0 Å². The Bertz CT molecular complexity index is 253. The molecule has 0 radical (unpaired) electrons. The molecule has 0 unspecified atom stereocenters.